The predicted octanol–water partition coefficient (Wildman–Crippen LogP) is 4.66. The Morgan fingerprint density at radius 3 is 2.06 bits per heavy atom. The van der Waals surface area contributed by atoms with Crippen molar-refractivity contribution in [1.29, 1.82) is 0 Å². The van der Waals surface area contributed by atoms with E-state index in [9.17, 15) is 0 Å². The molecule has 0 aromatic heterocycles. The molecule has 0 bridgehead atoms. The Bertz CT molecular complexity index is 527. The van der Waals surface area contributed by atoms with Gasteiger partial charge in [-0.25, -0.2) is 0 Å². The fourth-order valence-corrected chi connectivity index (χ4v) is 2.16. The van der Waals surface area contributed by atoms with Crippen molar-refractivity contribution in [3.05, 3.63) is 68.7 Å². The van der Waals surface area contributed by atoms with Gasteiger partial charge in [-0.05, 0) is 48.2 Å². The zero-order chi connectivity index (χ0) is 13.3. The van der Waals surface area contributed by atoms with E-state index in [1.165, 1.54) is 11.1 Å². The lowest BCUT2D eigenvalue weighted by Crippen LogP contribution is -2.12. The zero-order valence-electron chi connectivity index (χ0n) is 10.4. The van der Waals surface area contributed by atoms with E-state index in [1.54, 1.807) is 6.07 Å². The van der Waals surface area contributed by atoms with Crippen molar-refractivity contribution in [3.8, 4) is 0 Å². The normalized spacial score (nSPS) is 12.5. The van der Waals surface area contributed by atoms with Gasteiger partial charge >= 0.3 is 0 Å². The Kier molecular flexibility index (Phi) is 3.96. The first-order valence-electron chi connectivity index (χ1n) is 5.76. The smallest absolute Gasteiger partial charge is 0.0595 e. The zero-order valence-corrected chi connectivity index (χ0v) is 11.9. The number of hydrogen-bond acceptors (Lipinski definition) is 1. The molecule has 2 N–H and O–H groups in total. The van der Waals surface area contributed by atoms with Crippen LogP contribution in [0.4, 0.5) is 0 Å². The van der Waals surface area contributed by atoms with E-state index in [1.807, 2.05) is 12.1 Å². The molecule has 0 saturated heterocycles. The summed E-state index contributed by atoms with van der Waals surface area (Å²) < 4.78 is 0. The number of rotatable bonds is 2. The molecule has 0 saturated carbocycles. The first kappa shape index (κ1) is 13.4. The minimum absolute atomic E-state index is 0.181. The fraction of sp³-hybridized carbons (Fsp3) is 0.200. The van der Waals surface area contributed by atoms with Crippen LogP contribution < -0.4 is 5.73 Å². The molecular weight excluding hydrogens is 265 g/mol. The third kappa shape index (κ3) is 2.69. The second-order valence-electron chi connectivity index (χ2n) is 4.49. The molecule has 0 spiro atoms. The van der Waals surface area contributed by atoms with Gasteiger partial charge in [-0.3, -0.25) is 0 Å². The lowest BCUT2D eigenvalue weighted by atomic mass is 9.96. The molecule has 94 valence electrons. The van der Waals surface area contributed by atoms with Crippen molar-refractivity contribution in [2.45, 2.75) is 19.9 Å². The third-order valence-corrected chi connectivity index (χ3v) is 3.93. The average molecular weight is 280 g/mol. The molecule has 0 aliphatic carbocycles. The maximum atomic E-state index is 6.25. The van der Waals surface area contributed by atoms with Crippen LogP contribution >= 0.6 is 23.2 Å². The van der Waals surface area contributed by atoms with Gasteiger partial charge in [0.1, 0.15) is 0 Å². The average Bonchev–Trinajstić information content (AvgIpc) is 2.35. The molecule has 2 rings (SSSR count). The van der Waals surface area contributed by atoms with Crippen molar-refractivity contribution in [3.63, 3.8) is 0 Å². The second-order valence-corrected chi connectivity index (χ2v) is 5.31. The minimum Gasteiger partial charge on any atom is -0.320 e. The van der Waals surface area contributed by atoms with Crippen LogP contribution in [0.1, 0.15) is 28.3 Å². The first-order valence-corrected chi connectivity index (χ1v) is 6.52. The SMILES string of the molecule is Cc1ccc(C(N)c2ccc(Cl)c(Cl)c2)cc1C. The van der Waals surface area contributed by atoms with Gasteiger partial charge < -0.3 is 5.73 Å². The molecule has 1 nitrogen and oxygen atoms in total. The van der Waals surface area contributed by atoms with E-state index in [2.05, 4.69) is 32.0 Å². The number of hydrogen-bond donors (Lipinski definition) is 1. The van der Waals surface area contributed by atoms with Crippen LogP contribution in [0, 0.1) is 13.8 Å². The van der Waals surface area contributed by atoms with Crippen LogP contribution in [-0.4, -0.2) is 0 Å². The molecule has 18 heavy (non-hydrogen) atoms. The van der Waals surface area contributed by atoms with Gasteiger partial charge in [0, 0.05) is 0 Å². The van der Waals surface area contributed by atoms with Gasteiger partial charge in [0.15, 0.2) is 0 Å². The number of nitrogens with two attached hydrogens (primary N) is 1. The summed E-state index contributed by atoms with van der Waals surface area (Å²) in [6.45, 7) is 4.17. The van der Waals surface area contributed by atoms with E-state index >= 15 is 0 Å². The molecule has 0 aliphatic rings. The lowest BCUT2D eigenvalue weighted by Gasteiger charge is -2.15. The summed E-state index contributed by atoms with van der Waals surface area (Å²) in [5.41, 5.74) is 10.8. The number of aryl methyl sites for hydroxylation is 2. The van der Waals surface area contributed by atoms with Crippen LogP contribution in [0.2, 0.25) is 10.0 Å². The third-order valence-electron chi connectivity index (χ3n) is 3.19. The van der Waals surface area contributed by atoms with Crippen LogP contribution in [0.5, 0.6) is 0 Å². The maximum absolute atomic E-state index is 6.25. The van der Waals surface area contributed by atoms with Gasteiger partial charge in [0.2, 0.25) is 0 Å². The van der Waals surface area contributed by atoms with E-state index < -0.39 is 0 Å². The second kappa shape index (κ2) is 5.31. The van der Waals surface area contributed by atoms with Gasteiger partial charge in [-0.2, -0.15) is 0 Å². The Morgan fingerprint density at radius 2 is 1.44 bits per heavy atom. The summed E-state index contributed by atoms with van der Waals surface area (Å²) in [7, 11) is 0. The predicted molar refractivity (Wildman–Crippen MR) is 78.4 cm³/mol. The van der Waals surface area contributed by atoms with Crippen molar-refractivity contribution < 1.29 is 0 Å². The Balaban J connectivity index is 2.37. The monoisotopic (exact) mass is 279 g/mol. The summed E-state index contributed by atoms with van der Waals surface area (Å²) in [5, 5.41) is 1.08. The quantitative estimate of drug-likeness (QED) is 0.850. The number of halogens is 2. The van der Waals surface area contributed by atoms with Gasteiger partial charge in [0.05, 0.1) is 16.1 Å². The van der Waals surface area contributed by atoms with Crippen molar-refractivity contribution in [2.24, 2.45) is 5.73 Å². The lowest BCUT2D eigenvalue weighted by molar-refractivity contribution is 0.869. The maximum Gasteiger partial charge on any atom is 0.0595 e. The highest BCUT2D eigenvalue weighted by Crippen LogP contribution is 2.28. The minimum atomic E-state index is -0.181. The molecule has 3 heteroatoms. The molecular formula is C15H15Cl2N. The van der Waals surface area contributed by atoms with Crippen molar-refractivity contribution >= 4 is 23.2 Å². The molecule has 2 aromatic rings. The highest BCUT2D eigenvalue weighted by atomic mass is 35.5. The van der Waals surface area contributed by atoms with Gasteiger partial charge in [-0.1, -0.05) is 47.5 Å². The van der Waals surface area contributed by atoms with E-state index in [4.69, 9.17) is 28.9 Å². The topological polar surface area (TPSA) is 26.0 Å². The molecule has 1 atom stereocenters. The molecule has 0 radical (unpaired) electrons. The summed E-state index contributed by atoms with van der Waals surface area (Å²) in [6, 6.07) is 11.6. The van der Waals surface area contributed by atoms with Crippen LogP contribution in [0.3, 0.4) is 0 Å². The van der Waals surface area contributed by atoms with E-state index in [-0.39, 0.29) is 6.04 Å². The molecule has 1 unspecified atom stereocenters. The van der Waals surface area contributed by atoms with Crippen molar-refractivity contribution in [2.75, 3.05) is 0 Å². The Labute approximate surface area is 118 Å². The van der Waals surface area contributed by atoms with Gasteiger partial charge in [-0.15, -0.1) is 0 Å². The summed E-state index contributed by atoms with van der Waals surface area (Å²) in [5.74, 6) is 0. The molecule has 0 amide bonds. The Hall–Kier alpha value is -1.02. The highest BCUT2D eigenvalue weighted by molar-refractivity contribution is 6.42. The van der Waals surface area contributed by atoms with Crippen LogP contribution in [-0.2, 0) is 0 Å². The first-order chi connectivity index (χ1) is 8.49. The largest absolute Gasteiger partial charge is 0.320 e. The number of benzene rings is 2. The molecule has 2 aromatic carbocycles. The van der Waals surface area contributed by atoms with Crippen LogP contribution in [0.15, 0.2) is 36.4 Å². The van der Waals surface area contributed by atoms with Gasteiger partial charge in [0.25, 0.3) is 0 Å². The highest BCUT2D eigenvalue weighted by Gasteiger charge is 2.11. The molecule has 0 fully saturated rings. The van der Waals surface area contributed by atoms with Crippen LogP contribution in [0.25, 0.3) is 0 Å². The standard InChI is InChI=1S/C15H15Cl2N/c1-9-3-4-11(7-10(9)2)15(18)12-5-6-13(16)14(17)8-12/h3-8,15H,18H2,1-2H3. The summed E-state index contributed by atoms with van der Waals surface area (Å²) in [4.78, 5) is 0. The summed E-state index contributed by atoms with van der Waals surface area (Å²) in [6.07, 6.45) is 0. The van der Waals surface area contributed by atoms with E-state index in [0.717, 1.165) is 11.1 Å². The van der Waals surface area contributed by atoms with E-state index in [0.29, 0.717) is 10.0 Å². The Morgan fingerprint density at radius 1 is 0.833 bits per heavy atom. The molecule has 0 aliphatic heterocycles. The summed E-state index contributed by atoms with van der Waals surface area (Å²) >= 11 is 11.9. The van der Waals surface area contributed by atoms with Crippen molar-refractivity contribution in [1.82, 2.24) is 0 Å². The molecule has 0 heterocycles. The fourth-order valence-electron chi connectivity index (χ4n) is 1.86.